The summed E-state index contributed by atoms with van der Waals surface area (Å²) in [5, 5.41) is 14.1. The molecule has 2 aromatic carbocycles. The molecule has 9 heteroatoms. The Bertz CT molecular complexity index is 1180. The predicted molar refractivity (Wildman–Crippen MR) is 130 cm³/mol. The zero-order chi connectivity index (χ0) is 22.3. The van der Waals surface area contributed by atoms with Crippen LogP contribution in [0.15, 0.2) is 42.5 Å². The first-order valence-electron chi connectivity index (χ1n) is 10.0. The smallest absolute Gasteiger partial charge is 0.234 e. The van der Waals surface area contributed by atoms with Gasteiger partial charge in [0.2, 0.25) is 10.7 Å². The van der Waals surface area contributed by atoms with E-state index < -0.39 is 0 Å². The highest BCUT2D eigenvalue weighted by molar-refractivity contribution is 7.98. The first-order chi connectivity index (χ1) is 15.7. The van der Waals surface area contributed by atoms with E-state index in [4.69, 9.17) is 14.2 Å². The Labute approximate surface area is 195 Å². The number of methoxy groups -OCH3 is 3. The minimum absolute atomic E-state index is 0.570. The van der Waals surface area contributed by atoms with Gasteiger partial charge in [-0.25, -0.2) is 0 Å². The number of hydrogen-bond donors (Lipinski definition) is 0. The Morgan fingerprint density at radius 3 is 2.41 bits per heavy atom. The lowest BCUT2D eigenvalue weighted by Gasteiger charge is -2.12. The Kier molecular flexibility index (Phi) is 7.28. The third-order valence-corrected chi connectivity index (χ3v) is 6.60. The van der Waals surface area contributed by atoms with Gasteiger partial charge in [0.1, 0.15) is 5.01 Å². The van der Waals surface area contributed by atoms with Crippen molar-refractivity contribution in [3.05, 3.63) is 64.4 Å². The lowest BCUT2D eigenvalue weighted by molar-refractivity contribution is 0.324. The summed E-state index contributed by atoms with van der Waals surface area (Å²) < 4.78 is 18.0. The topological polar surface area (TPSA) is 70.8 Å². The molecule has 0 saturated carbocycles. The molecule has 0 unspecified atom stereocenters. The van der Waals surface area contributed by atoms with Crippen LogP contribution in [0.25, 0.3) is 17.1 Å². The van der Waals surface area contributed by atoms with Gasteiger partial charge >= 0.3 is 0 Å². The van der Waals surface area contributed by atoms with Gasteiger partial charge in [0.15, 0.2) is 17.3 Å². The zero-order valence-electron chi connectivity index (χ0n) is 18.1. The summed E-state index contributed by atoms with van der Waals surface area (Å²) in [5.41, 5.74) is 2.27. The van der Waals surface area contributed by atoms with Crippen LogP contribution in [0.5, 0.6) is 17.2 Å². The molecule has 7 nitrogen and oxygen atoms in total. The standard InChI is InChI=1S/C23H24N4O3S2/c1-28-18-13-17(14-19(29-2)22(18)30-3)9-10-21-26-27-20(24-25-23(27)32-21)15-31-12-11-16-7-5-4-6-8-16/h4-10,13-14H,11-12,15H2,1-3H3/b10-9+. The number of rotatable bonds is 10. The van der Waals surface area contributed by atoms with Gasteiger partial charge in [0.05, 0.1) is 27.1 Å². The van der Waals surface area contributed by atoms with Gasteiger partial charge in [-0.2, -0.15) is 21.4 Å². The van der Waals surface area contributed by atoms with Crippen molar-refractivity contribution < 1.29 is 14.2 Å². The van der Waals surface area contributed by atoms with E-state index in [2.05, 4.69) is 39.6 Å². The van der Waals surface area contributed by atoms with Crippen LogP contribution in [0.3, 0.4) is 0 Å². The first-order valence-corrected chi connectivity index (χ1v) is 12.0. The molecule has 0 fully saturated rings. The van der Waals surface area contributed by atoms with E-state index >= 15 is 0 Å². The second-order valence-electron chi connectivity index (χ2n) is 6.83. The van der Waals surface area contributed by atoms with Crippen molar-refractivity contribution in [1.82, 2.24) is 19.8 Å². The molecule has 0 amide bonds. The molecule has 4 rings (SSSR count). The van der Waals surface area contributed by atoms with E-state index in [0.29, 0.717) is 17.2 Å². The largest absolute Gasteiger partial charge is 0.493 e. The second-order valence-corrected chi connectivity index (χ2v) is 8.92. The fraction of sp³-hybridized carbons (Fsp3) is 0.261. The van der Waals surface area contributed by atoms with E-state index in [1.165, 1.54) is 16.9 Å². The van der Waals surface area contributed by atoms with Gasteiger partial charge in [-0.1, -0.05) is 47.7 Å². The predicted octanol–water partition coefficient (Wildman–Crippen LogP) is 4.86. The van der Waals surface area contributed by atoms with Crippen molar-refractivity contribution in [2.24, 2.45) is 0 Å². The fourth-order valence-corrected chi connectivity index (χ4v) is 4.84. The van der Waals surface area contributed by atoms with Crippen LogP contribution in [-0.4, -0.2) is 46.9 Å². The molecule has 0 atom stereocenters. The number of aryl methyl sites for hydroxylation is 1. The van der Waals surface area contributed by atoms with Crippen LogP contribution < -0.4 is 14.2 Å². The van der Waals surface area contributed by atoms with E-state index in [1.807, 2.05) is 46.6 Å². The molecular formula is C23H24N4O3S2. The van der Waals surface area contributed by atoms with Crippen LogP contribution in [0.1, 0.15) is 22.0 Å². The van der Waals surface area contributed by atoms with Gasteiger partial charge < -0.3 is 14.2 Å². The molecule has 4 aromatic rings. The lowest BCUT2D eigenvalue weighted by Crippen LogP contribution is -1.96. The quantitative estimate of drug-likeness (QED) is 0.308. The number of ether oxygens (including phenoxy) is 3. The maximum Gasteiger partial charge on any atom is 0.234 e. The molecule has 0 spiro atoms. The van der Waals surface area contributed by atoms with Crippen molar-refractivity contribution in [1.29, 1.82) is 0 Å². The molecule has 0 saturated heterocycles. The monoisotopic (exact) mass is 468 g/mol. The highest BCUT2D eigenvalue weighted by Gasteiger charge is 2.13. The molecular weight excluding hydrogens is 444 g/mol. The average Bonchev–Trinajstić information content (AvgIpc) is 3.41. The number of benzene rings is 2. The third kappa shape index (κ3) is 5.05. The van der Waals surface area contributed by atoms with Crippen LogP contribution in [0.2, 0.25) is 0 Å². The zero-order valence-corrected chi connectivity index (χ0v) is 19.8. The summed E-state index contributed by atoms with van der Waals surface area (Å²) in [7, 11) is 4.80. The molecule has 166 valence electrons. The van der Waals surface area contributed by atoms with Gasteiger partial charge in [-0.05, 0) is 41.5 Å². The highest BCUT2D eigenvalue weighted by atomic mass is 32.2. The van der Waals surface area contributed by atoms with Crippen molar-refractivity contribution in [2.75, 3.05) is 27.1 Å². The summed E-state index contributed by atoms with van der Waals surface area (Å²) in [6.45, 7) is 0. The Hall–Kier alpha value is -3.04. The first kappa shape index (κ1) is 22.2. The summed E-state index contributed by atoms with van der Waals surface area (Å²) in [4.78, 5) is 0.785. The molecule has 0 bridgehead atoms. The van der Waals surface area contributed by atoms with Gasteiger partial charge in [0, 0.05) is 0 Å². The van der Waals surface area contributed by atoms with Crippen LogP contribution in [-0.2, 0) is 12.2 Å². The molecule has 0 aliphatic carbocycles. The summed E-state index contributed by atoms with van der Waals surface area (Å²) >= 11 is 3.33. The van der Waals surface area contributed by atoms with Gasteiger partial charge in [-0.3, -0.25) is 0 Å². The van der Waals surface area contributed by atoms with Crippen molar-refractivity contribution in [2.45, 2.75) is 12.2 Å². The number of hydrogen-bond acceptors (Lipinski definition) is 8. The van der Waals surface area contributed by atoms with Crippen LogP contribution in [0, 0.1) is 0 Å². The highest BCUT2D eigenvalue weighted by Crippen LogP contribution is 2.38. The summed E-state index contributed by atoms with van der Waals surface area (Å²) in [6.07, 6.45) is 4.95. The lowest BCUT2D eigenvalue weighted by atomic mass is 10.1. The van der Waals surface area contributed by atoms with E-state index in [9.17, 15) is 0 Å². The third-order valence-electron chi connectivity index (χ3n) is 4.79. The van der Waals surface area contributed by atoms with E-state index in [1.54, 1.807) is 21.3 Å². The summed E-state index contributed by atoms with van der Waals surface area (Å²) in [6, 6.07) is 14.3. The molecule has 0 N–H and O–H groups in total. The van der Waals surface area contributed by atoms with E-state index in [-0.39, 0.29) is 0 Å². The Morgan fingerprint density at radius 1 is 0.969 bits per heavy atom. The fourth-order valence-electron chi connectivity index (χ4n) is 3.19. The molecule has 32 heavy (non-hydrogen) atoms. The van der Waals surface area contributed by atoms with Gasteiger partial charge in [-0.15, -0.1) is 10.2 Å². The number of nitrogens with zero attached hydrogens (tertiary/aromatic N) is 4. The minimum atomic E-state index is 0.570. The van der Waals surface area contributed by atoms with Crippen molar-refractivity contribution in [3.8, 4) is 17.2 Å². The second kappa shape index (κ2) is 10.5. The Balaban J connectivity index is 1.43. The van der Waals surface area contributed by atoms with Crippen LogP contribution >= 0.6 is 23.1 Å². The molecule has 0 radical (unpaired) electrons. The minimum Gasteiger partial charge on any atom is -0.493 e. The number of fused-ring (bicyclic) bond motifs is 1. The summed E-state index contributed by atoms with van der Waals surface area (Å²) in [5.74, 6) is 4.45. The molecule has 0 aliphatic rings. The van der Waals surface area contributed by atoms with Crippen molar-refractivity contribution in [3.63, 3.8) is 0 Å². The average molecular weight is 469 g/mol. The maximum atomic E-state index is 5.42. The SMILES string of the molecule is COc1cc(/C=C/c2nn3c(CSCCc4ccccc4)nnc3s2)cc(OC)c1OC. The van der Waals surface area contributed by atoms with Crippen LogP contribution in [0.4, 0.5) is 0 Å². The number of aromatic nitrogens is 4. The Morgan fingerprint density at radius 2 is 1.72 bits per heavy atom. The van der Waals surface area contributed by atoms with Gasteiger partial charge in [0.25, 0.3) is 0 Å². The van der Waals surface area contributed by atoms with E-state index in [0.717, 1.165) is 39.3 Å². The van der Waals surface area contributed by atoms with Crippen molar-refractivity contribution >= 4 is 40.2 Å². The normalized spacial score (nSPS) is 11.3. The molecule has 2 aromatic heterocycles. The molecule has 0 aliphatic heterocycles. The number of thioether (sulfide) groups is 1. The molecule has 2 heterocycles. The maximum absolute atomic E-state index is 5.42.